The van der Waals surface area contributed by atoms with E-state index in [1.54, 1.807) is 14.2 Å². The molecule has 1 aliphatic rings. The molecule has 2 amide bonds. The van der Waals surface area contributed by atoms with E-state index < -0.39 is 0 Å². The van der Waals surface area contributed by atoms with Crippen molar-refractivity contribution in [2.24, 2.45) is 7.05 Å². The van der Waals surface area contributed by atoms with Gasteiger partial charge in [0.1, 0.15) is 0 Å². The summed E-state index contributed by atoms with van der Waals surface area (Å²) in [5.74, 6) is 0.616. The molecule has 5 aromatic rings. The number of pyridine rings is 1. The van der Waals surface area contributed by atoms with Gasteiger partial charge in [0.2, 0.25) is 5.91 Å². The lowest BCUT2D eigenvalue weighted by atomic mass is 10.0. The van der Waals surface area contributed by atoms with Crippen LogP contribution in [-0.4, -0.2) is 59.6 Å². The van der Waals surface area contributed by atoms with Crippen LogP contribution in [0.3, 0.4) is 0 Å². The van der Waals surface area contributed by atoms with Crippen molar-refractivity contribution in [1.29, 1.82) is 0 Å². The molecule has 2 bridgehead atoms. The molecule has 3 aromatic carbocycles. The zero-order chi connectivity index (χ0) is 29.9. The molecule has 2 aromatic heterocycles. The van der Waals surface area contributed by atoms with Crippen LogP contribution in [0.15, 0.2) is 77.6 Å². The van der Waals surface area contributed by atoms with E-state index in [4.69, 9.17) is 9.47 Å². The van der Waals surface area contributed by atoms with Crippen molar-refractivity contribution in [2.75, 3.05) is 33.4 Å². The Hall–Kier alpha value is -5.05. The van der Waals surface area contributed by atoms with Crippen LogP contribution in [0.25, 0.3) is 21.8 Å². The molecule has 6 rings (SSSR count). The van der Waals surface area contributed by atoms with Crippen molar-refractivity contribution in [3.05, 3.63) is 106 Å². The fraction of sp³-hybridized carbons (Fsp3) is 0.265. The fourth-order valence-corrected chi connectivity index (χ4v) is 5.84. The number of fused-ring (bicyclic) bond motifs is 6. The van der Waals surface area contributed by atoms with Crippen molar-refractivity contribution in [3.8, 4) is 11.5 Å². The molecule has 9 nitrogen and oxygen atoms in total. The molecule has 0 aliphatic carbocycles. The highest BCUT2D eigenvalue weighted by Crippen LogP contribution is 2.31. The number of nitrogens with one attached hydrogen (secondary N) is 2. The second-order valence-corrected chi connectivity index (χ2v) is 10.8. The summed E-state index contributed by atoms with van der Waals surface area (Å²) >= 11 is 0. The molecule has 0 unspecified atom stereocenters. The number of carbonyl (C=O) groups is 2. The van der Waals surface area contributed by atoms with Gasteiger partial charge in [0.15, 0.2) is 11.5 Å². The zero-order valence-corrected chi connectivity index (χ0v) is 24.3. The number of benzene rings is 3. The maximum Gasteiger partial charge on any atom is 0.255 e. The van der Waals surface area contributed by atoms with Gasteiger partial charge < -0.3 is 29.2 Å². The first-order valence-electron chi connectivity index (χ1n) is 14.5. The van der Waals surface area contributed by atoms with Crippen LogP contribution in [0.5, 0.6) is 11.5 Å². The first kappa shape index (κ1) is 28.1. The van der Waals surface area contributed by atoms with Gasteiger partial charge in [-0.15, -0.1) is 0 Å². The Bertz CT molecular complexity index is 1890. The third-order valence-corrected chi connectivity index (χ3v) is 8.04. The molecular formula is C34H34N4O5. The summed E-state index contributed by atoms with van der Waals surface area (Å²) in [6, 6.07) is 22.7. The lowest BCUT2D eigenvalue weighted by Gasteiger charge is -2.24. The standard InChI is InChI=1S/C34H34N4O5/c1-37-29-11-6-4-9-25(29)26(20-33(37)40)34(41)38-16-7-17-43-31-19-22(12-13-30(31)42-2)18-28-24(14-15-35-32(39)21-38)23-8-3-5-10-27(23)36-28/h3-6,8-13,19-20,36H,7,14-18,21H2,1-2H3,(H,35,39). The lowest BCUT2D eigenvalue weighted by molar-refractivity contribution is -0.121. The smallest absolute Gasteiger partial charge is 0.255 e. The van der Waals surface area contributed by atoms with Crippen LogP contribution >= 0.6 is 0 Å². The van der Waals surface area contributed by atoms with Gasteiger partial charge in [0.25, 0.3) is 11.5 Å². The number of aromatic amines is 1. The second-order valence-electron chi connectivity index (χ2n) is 10.8. The number of nitrogens with zero attached hydrogens (tertiary/aromatic N) is 2. The minimum Gasteiger partial charge on any atom is -0.493 e. The molecule has 0 fully saturated rings. The highest BCUT2D eigenvalue weighted by Gasteiger charge is 2.23. The number of hydrogen-bond acceptors (Lipinski definition) is 5. The zero-order valence-electron chi connectivity index (χ0n) is 24.3. The molecule has 0 saturated heterocycles. The van der Waals surface area contributed by atoms with E-state index in [2.05, 4.69) is 22.4 Å². The van der Waals surface area contributed by atoms with Gasteiger partial charge in [-0.2, -0.15) is 0 Å². The van der Waals surface area contributed by atoms with Crippen LogP contribution in [0, 0.1) is 0 Å². The average molecular weight is 579 g/mol. The number of ether oxygens (including phenoxy) is 2. The van der Waals surface area contributed by atoms with Crippen LogP contribution in [0.2, 0.25) is 0 Å². The number of hydrogen-bond donors (Lipinski definition) is 2. The number of aromatic nitrogens is 2. The van der Waals surface area contributed by atoms with E-state index in [-0.39, 0.29) is 36.0 Å². The van der Waals surface area contributed by atoms with Crippen LogP contribution in [0.4, 0.5) is 0 Å². The number of aryl methyl sites for hydroxylation is 1. The number of methoxy groups -OCH3 is 1. The summed E-state index contributed by atoms with van der Waals surface area (Å²) in [7, 11) is 3.29. The maximum atomic E-state index is 13.9. The van der Waals surface area contributed by atoms with Gasteiger partial charge in [0.05, 0.1) is 31.3 Å². The summed E-state index contributed by atoms with van der Waals surface area (Å²) in [5, 5.41) is 4.79. The number of amides is 2. The molecule has 220 valence electrons. The summed E-state index contributed by atoms with van der Waals surface area (Å²) in [6.07, 6.45) is 1.77. The Morgan fingerprint density at radius 1 is 0.977 bits per heavy atom. The summed E-state index contributed by atoms with van der Waals surface area (Å²) in [4.78, 5) is 44.9. The van der Waals surface area contributed by atoms with E-state index >= 15 is 0 Å². The second kappa shape index (κ2) is 12.1. The molecule has 0 spiro atoms. The largest absolute Gasteiger partial charge is 0.493 e. The predicted octanol–water partition coefficient (Wildman–Crippen LogP) is 4.20. The molecule has 3 heterocycles. The van der Waals surface area contributed by atoms with Gasteiger partial charge in [-0.05, 0) is 48.2 Å². The van der Waals surface area contributed by atoms with Crippen LogP contribution in [0.1, 0.15) is 33.6 Å². The highest BCUT2D eigenvalue weighted by molar-refractivity contribution is 6.07. The average Bonchev–Trinajstić information content (AvgIpc) is 3.36. The summed E-state index contributed by atoms with van der Waals surface area (Å²) < 4.78 is 13.2. The topological polar surface area (TPSA) is 106 Å². The number of rotatable bonds is 2. The van der Waals surface area contributed by atoms with E-state index in [1.807, 2.05) is 54.6 Å². The first-order valence-corrected chi connectivity index (χ1v) is 14.5. The van der Waals surface area contributed by atoms with E-state index in [0.29, 0.717) is 54.8 Å². The van der Waals surface area contributed by atoms with Crippen LogP contribution in [-0.2, 0) is 24.7 Å². The van der Waals surface area contributed by atoms with Crippen molar-refractivity contribution >= 4 is 33.6 Å². The molecule has 43 heavy (non-hydrogen) atoms. The normalized spacial score (nSPS) is 14.7. The van der Waals surface area contributed by atoms with Gasteiger partial charge in [-0.1, -0.05) is 42.5 Å². The van der Waals surface area contributed by atoms with Crippen molar-refractivity contribution in [2.45, 2.75) is 19.3 Å². The van der Waals surface area contributed by atoms with Gasteiger partial charge in [-0.3, -0.25) is 14.4 Å². The molecular weight excluding hydrogens is 544 g/mol. The Balaban J connectivity index is 1.33. The van der Waals surface area contributed by atoms with E-state index in [9.17, 15) is 14.4 Å². The molecule has 0 saturated carbocycles. The molecule has 0 atom stereocenters. The summed E-state index contributed by atoms with van der Waals surface area (Å²) in [6.45, 7) is 0.855. The Kier molecular flexibility index (Phi) is 7.87. The van der Waals surface area contributed by atoms with Crippen molar-refractivity contribution in [3.63, 3.8) is 0 Å². The predicted molar refractivity (Wildman–Crippen MR) is 166 cm³/mol. The maximum absolute atomic E-state index is 13.9. The SMILES string of the molecule is COc1ccc2cc1OCCCN(C(=O)c1cc(=O)n(C)c3ccccc13)CC(=O)NCCc1c([nH]c3ccccc13)C2. The summed E-state index contributed by atoms with van der Waals surface area (Å²) in [5.41, 5.74) is 4.97. The van der Waals surface area contributed by atoms with E-state index in [0.717, 1.165) is 27.7 Å². The van der Waals surface area contributed by atoms with Crippen molar-refractivity contribution < 1.29 is 19.1 Å². The Morgan fingerprint density at radius 3 is 2.60 bits per heavy atom. The third kappa shape index (κ3) is 5.70. The van der Waals surface area contributed by atoms with Crippen molar-refractivity contribution in [1.82, 2.24) is 19.8 Å². The Morgan fingerprint density at radius 2 is 1.77 bits per heavy atom. The molecule has 0 radical (unpaired) electrons. The Labute approximate surface area is 249 Å². The fourth-order valence-electron chi connectivity index (χ4n) is 5.84. The van der Waals surface area contributed by atoms with E-state index in [1.165, 1.54) is 15.5 Å². The van der Waals surface area contributed by atoms with Gasteiger partial charge in [0, 0.05) is 54.6 Å². The number of carbonyl (C=O) groups excluding carboxylic acids is 2. The third-order valence-electron chi connectivity index (χ3n) is 8.04. The number of H-pyrrole nitrogens is 1. The minimum absolute atomic E-state index is 0.137. The lowest BCUT2D eigenvalue weighted by Crippen LogP contribution is -2.42. The molecule has 9 heteroatoms. The molecule has 1 aliphatic heterocycles. The highest BCUT2D eigenvalue weighted by atomic mass is 16.5. The molecule has 2 N–H and O–H groups in total. The van der Waals surface area contributed by atoms with Gasteiger partial charge in [-0.25, -0.2) is 0 Å². The quantitative estimate of drug-likeness (QED) is 0.327. The number of para-hydroxylation sites is 2. The minimum atomic E-state index is -0.372. The van der Waals surface area contributed by atoms with Gasteiger partial charge >= 0.3 is 0 Å². The first-order chi connectivity index (χ1) is 20.9. The van der Waals surface area contributed by atoms with Crippen LogP contribution < -0.4 is 20.3 Å². The monoisotopic (exact) mass is 578 g/mol.